The summed E-state index contributed by atoms with van der Waals surface area (Å²) in [5.41, 5.74) is 7.72. The minimum Gasteiger partial charge on any atom is -0.494 e. The summed E-state index contributed by atoms with van der Waals surface area (Å²) >= 11 is 0. The fraction of sp³-hybridized carbons (Fsp3) is 0.0345. The molecule has 166 valence electrons. The highest BCUT2D eigenvalue weighted by molar-refractivity contribution is 6.50. The Kier molecular flexibility index (Phi) is 5.91. The summed E-state index contributed by atoms with van der Waals surface area (Å²) in [6.07, 6.45) is 5.68. The zero-order valence-corrected chi connectivity index (χ0v) is 18.8. The summed E-state index contributed by atoms with van der Waals surface area (Å²) in [6.45, 7) is 0. The smallest absolute Gasteiger partial charge is 0.144 e. The molecule has 0 atom stereocenters. The standard InChI is InChI=1S/C29H24N4O/c1-34-28-19-16-21-10-8-9-15-25(21)29(28)32-31-27-18-17-24(20-26(27)30)33(22-11-4-2-5-12-22)23-13-6-3-7-14-23/h2-20,30,32H,1H3/b30-26?,31-27-. The van der Waals surface area contributed by atoms with Crippen LogP contribution in [-0.2, 0) is 0 Å². The van der Waals surface area contributed by atoms with E-state index in [4.69, 9.17) is 10.1 Å². The maximum absolute atomic E-state index is 8.67. The molecule has 0 aliphatic heterocycles. The lowest BCUT2D eigenvalue weighted by molar-refractivity contribution is 0.417. The number of hydrogen-bond acceptors (Lipinski definition) is 5. The first-order chi connectivity index (χ1) is 16.7. The molecule has 0 heterocycles. The van der Waals surface area contributed by atoms with Gasteiger partial charge in [0.05, 0.1) is 12.8 Å². The van der Waals surface area contributed by atoms with Crippen LogP contribution in [0.4, 0.5) is 17.1 Å². The van der Waals surface area contributed by atoms with Crippen LogP contribution in [0.15, 0.2) is 126 Å². The van der Waals surface area contributed by atoms with Crippen LogP contribution in [-0.4, -0.2) is 18.5 Å². The third-order valence-electron chi connectivity index (χ3n) is 5.67. The number of fused-ring (bicyclic) bond motifs is 1. The number of ether oxygens (including phenoxy) is 1. The molecule has 0 spiro atoms. The molecule has 4 aromatic rings. The molecule has 4 aromatic carbocycles. The van der Waals surface area contributed by atoms with E-state index in [2.05, 4.69) is 39.7 Å². The van der Waals surface area contributed by atoms with Crippen molar-refractivity contribution in [3.05, 3.63) is 121 Å². The molecule has 0 bridgehead atoms. The van der Waals surface area contributed by atoms with Crippen molar-refractivity contribution in [2.24, 2.45) is 5.10 Å². The van der Waals surface area contributed by atoms with E-state index in [1.807, 2.05) is 91.0 Å². The minimum absolute atomic E-state index is 0.320. The maximum Gasteiger partial charge on any atom is 0.144 e. The molecule has 5 rings (SSSR count). The van der Waals surface area contributed by atoms with Crippen LogP contribution in [0.25, 0.3) is 10.8 Å². The highest BCUT2D eigenvalue weighted by atomic mass is 16.5. The molecule has 0 radical (unpaired) electrons. The summed E-state index contributed by atoms with van der Waals surface area (Å²) in [7, 11) is 1.64. The average Bonchev–Trinajstić information content (AvgIpc) is 2.89. The highest BCUT2D eigenvalue weighted by Crippen LogP contribution is 2.34. The van der Waals surface area contributed by atoms with Crippen LogP contribution in [0, 0.1) is 5.41 Å². The molecule has 0 aromatic heterocycles. The summed E-state index contributed by atoms with van der Waals surface area (Å²) < 4.78 is 5.54. The van der Waals surface area contributed by atoms with Crippen molar-refractivity contribution in [2.75, 3.05) is 17.4 Å². The van der Waals surface area contributed by atoms with Crippen molar-refractivity contribution in [2.45, 2.75) is 0 Å². The van der Waals surface area contributed by atoms with Gasteiger partial charge in [-0.1, -0.05) is 66.7 Å². The zero-order chi connectivity index (χ0) is 23.3. The third kappa shape index (κ3) is 4.19. The molecule has 34 heavy (non-hydrogen) atoms. The molecule has 5 nitrogen and oxygen atoms in total. The Morgan fingerprint density at radius 2 is 1.41 bits per heavy atom. The predicted octanol–water partition coefficient (Wildman–Crippen LogP) is 6.93. The minimum atomic E-state index is 0.320. The van der Waals surface area contributed by atoms with Gasteiger partial charge < -0.3 is 9.64 Å². The lowest BCUT2D eigenvalue weighted by atomic mass is 10.1. The van der Waals surface area contributed by atoms with E-state index in [0.717, 1.165) is 33.5 Å². The molecule has 0 fully saturated rings. The topological polar surface area (TPSA) is 60.7 Å². The van der Waals surface area contributed by atoms with E-state index in [0.29, 0.717) is 17.2 Å². The van der Waals surface area contributed by atoms with E-state index in [-0.39, 0.29) is 0 Å². The van der Waals surface area contributed by atoms with Gasteiger partial charge in [0.25, 0.3) is 0 Å². The fourth-order valence-corrected chi connectivity index (χ4v) is 4.02. The van der Waals surface area contributed by atoms with E-state index in [1.165, 1.54) is 0 Å². The molecule has 1 aliphatic carbocycles. The molecule has 0 saturated carbocycles. The van der Waals surface area contributed by atoms with E-state index < -0.39 is 0 Å². The fourth-order valence-electron chi connectivity index (χ4n) is 4.02. The second kappa shape index (κ2) is 9.46. The quantitative estimate of drug-likeness (QED) is 0.250. The number of nitrogens with one attached hydrogen (secondary N) is 2. The molecule has 2 N–H and O–H groups in total. The molecule has 0 saturated heterocycles. The Balaban J connectivity index is 1.46. The Morgan fingerprint density at radius 1 is 0.765 bits per heavy atom. The van der Waals surface area contributed by atoms with Gasteiger partial charge in [0.15, 0.2) is 0 Å². The van der Waals surface area contributed by atoms with Gasteiger partial charge in [-0.25, -0.2) is 0 Å². The van der Waals surface area contributed by atoms with Gasteiger partial charge in [-0.3, -0.25) is 10.8 Å². The maximum atomic E-state index is 8.67. The van der Waals surface area contributed by atoms with Gasteiger partial charge in [-0.05, 0) is 53.9 Å². The zero-order valence-electron chi connectivity index (χ0n) is 18.8. The van der Waals surface area contributed by atoms with Crippen molar-refractivity contribution in [3.8, 4) is 5.75 Å². The van der Waals surface area contributed by atoms with Gasteiger partial charge in [0.1, 0.15) is 17.1 Å². The third-order valence-corrected chi connectivity index (χ3v) is 5.67. The monoisotopic (exact) mass is 444 g/mol. The van der Waals surface area contributed by atoms with Crippen molar-refractivity contribution in [1.29, 1.82) is 5.41 Å². The number of rotatable bonds is 6. The number of nitrogens with zero attached hydrogens (tertiary/aromatic N) is 2. The van der Waals surface area contributed by atoms with E-state index in [9.17, 15) is 0 Å². The first-order valence-electron chi connectivity index (χ1n) is 11.0. The molecule has 0 amide bonds. The van der Waals surface area contributed by atoms with Crippen LogP contribution < -0.4 is 15.1 Å². The summed E-state index contributed by atoms with van der Waals surface area (Å²) in [5, 5.41) is 15.3. The van der Waals surface area contributed by atoms with Gasteiger partial charge in [-0.15, -0.1) is 0 Å². The van der Waals surface area contributed by atoms with Gasteiger partial charge in [-0.2, -0.15) is 5.10 Å². The average molecular weight is 445 g/mol. The van der Waals surface area contributed by atoms with Crippen LogP contribution in [0.3, 0.4) is 0 Å². The van der Waals surface area contributed by atoms with E-state index >= 15 is 0 Å². The Hall–Kier alpha value is -4.64. The number of para-hydroxylation sites is 2. The van der Waals surface area contributed by atoms with Gasteiger partial charge in [0.2, 0.25) is 0 Å². The first-order valence-corrected chi connectivity index (χ1v) is 11.0. The van der Waals surface area contributed by atoms with Gasteiger partial charge >= 0.3 is 0 Å². The normalized spacial score (nSPS) is 14.2. The van der Waals surface area contributed by atoms with Crippen molar-refractivity contribution >= 4 is 39.3 Å². The van der Waals surface area contributed by atoms with Crippen LogP contribution in [0.1, 0.15) is 0 Å². The Bertz CT molecular complexity index is 1380. The van der Waals surface area contributed by atoms with Crippen LogP contribution >= 0.6 is 0 Å². The Morgan fingerprint density at radius 3 is 2.06 bits per heavy atom. The van der Waals surface area contributed by atoms with Crippen LogP contribution in [0.5, 0.6) is 5.75 Å². The van der Waals surface area contributed by atoms with Crippen LogP contribution in [0.2, 0.25) is 0 Å². The molecular weight excluding hydrogens is 420 g/mol. The van der Waals surface area contributed by atoms with Crippen molar-refractivity contribution in [3.63, 3.8) is 0 Å². The summed E-state index contributed by atoms with van der Waals surface area (Å²) in [5.74, 6) is 0.699. The second-order valence-electron chi connectivity index (χ2n) is 7.80. The lowest BCUT2D eigenvalue weighted by Gasteiger charge is -2.27. The molecule has 1 aliphatic rings. The van der Waals surface area contributed by atoms with E-state index in [1.54, 1.807) is 7.11 Å². The number of benzene rings is 4. The summed E-state index contributed by atoms with van der Waals surface area (Å²) in [4.78, 5) is 2.13. The lowest BCUT2D eigenvalue weighted by Crippen LogP contribution is -2.22. The summed E-state index contributed by atoms with van der Waals surface area (Å²) in [6, 6.07) is 32.3. The second-order valence-corrected chi connectivity index (χ2v) is 7.80. The predicted molar refractivity (Wildman–Crippen MR) is 142 cm³/mol. The number of anilines is 3. The largest absolute Gasteiger partial charge is 0.494 e. The van der Waals surface area contributed by atoms with Crippen molar-refractivity contribution < 1.29 is 4.74 Å². The molecule has 5 heteroatoms. The number of allylic oxidation sites excluding steroid dienone is 3. The first kappa shape index (κ1) is 21.2. The van der Waals surface area contributed by atoms with Crippen molar-refractivity contribution in [1.82, 2.24) is 0 Å². The SMILES string of the molecule is COc1ccc2ccccc2c1N/N=C1/C=CC(N(c2ccccc2)c2ccccc2)=CC1=N. The number of hydrogen-bond donors (Lipinski definition) is 2. The highest BCUT2D eigenvalue weighted by Gasteiger charge is 2.18. The molecular formula is C29H24N4O. The molecule has 0 unspecified atom stereocenters. The van der Waals surface area contributed by atoms with Gasteiger partial charge in [0, 0.05) is 22.5 Å². The Labute approximate surface area is 198 Å². The number of methoxy groups -OCH3 is 1. The number of hydrazone groups is 1.